The molecule has 108 valence electrons. The normalized spacial score (nSPS) is 11.3. The summed E-state index contributed by atoms with van der Waals surface area (Å²) in [5.74, 6) is -0.0208. The van der Waals surface area contributed by atoms with Crippen molar-refractivity contribution in [2.24, 2.45) is 0 Å². The Bertz CT molecular complexity index is 330. The van der Waals surface area contributed by atoms with Crippen LogP contribution >= 0.6 is 15.9 Å². The van der Waals surface area contributed by atoms with E-state index in [0.717, 1.165) is 24.6 Å². The lowest BCUT2D eigenvalue weighted by Gasteiger charge is -2.06. The number of nitrogens with zero attached hydrogens (tertiary/aromatic N) is 1. The van der Waals surface area contributed by atoms with Crippen LogP contribution in [0.25, 0.3) is 0 Å². The van der Waals surface area contributed by atoms with Gasteiger partial charge in [-0.2, -0.15) is 0 Å². The van der Waals surface area contributed by atoms with Gasteiger partial charge in [0, 0.05) is 24.1 Å². The Hall–Kier alpha value is -0.900. The quantitative estimate of drug-likeness (QED) is 0.586. The highest BCUT2D eigenvalue weighted by molar-refractivity contribution is 9.09. The lowest BCUT2D eigenvalue weighted by atomic mass is 10.0. The van der Waals surface area contributed by atoms with Gasteiger partial charge in [-0.15, -0.1) is 0 Å². The molecular weight excluding hydrogens is 306 g/mol. The number of pyridine rings is 1. The smallest absolute Gasteiger partial charge is 0.303 e. The number of rotatable bonds is 7. The summed E-state index contributed by atoms with van der Waals surface area (Å²) < 4.78 is 0. The molecule has 0 saturated carbocycles. The predicted octanol–water partition coefficient (Wildman–Crippen LogP) is 4.62. The van der Waals surface area contributed by atoms with Crippen LogP contribution in [-0.4, -0.2) is 21.4 Å². The molecule has 1 rings (SSSR count). The fraction of sp³-hybridized carbons (Fsp3) is 0.600. The van der Waals surface area contributed by atoms with Crippen molar-refractivity contribution in [3.8, 4) is 0 Å². The van der Waals surface area contributed by atoms with Crippen LogP contribution in [0.15, 0.2) is 24.5 Å². The average molecular weight is 330 g/mol. The maximum Gasteiger partial charge on any atom is 0.303 e. The Morgan fingerprint density at radius 3 is 2.42 bits per heavy atom. The van der Waals surface area contributed by atoms with Crippen molar-refractivity contribution in [1.82, 2.24) is 4.98 Å². The van der Waals surface area contributed by atoms with Crippen LogP contribution in [-0.2, 0) is 4.79 Å². The van der Waals surface area contributed by atoms with Gasteiger partial charge in [0.2, 0.25) is 0 Å². The Morgan fingerprint density at radius 1 is 1.32 bits per heavy atom. The zero-order valence-electron chi connectivity index (χ0n) is 11.8. The van der Waals surface area contributed by atoms with Gasteiger partial charge in [-0.05, 0) is 42.9 Å². The van der Waals surface area contributed by atoms with Gasteiger partial charge < -0.3 is 5.11 Å². The van der Waals surface area contributed by atoms with E-state index in [9.17, 15) is 4.79 Å². The fourth-order valence-electron chi connectivity index (χ4n) is 1.48. The third-order valence-corrected chi connectivity index (χ3v) is 3.47. The minimum absolute atomic E-state index is 0.312. The number of aliphatic carboxylic acids is 1. The molecule has 1 unspecified atom stereocenters. The van der Waals surface area contributed by atoms with Crippen LogP contribution in [0.2, 0.25) is 0 Å². The first-order valence-electron chi connectivity index (χ1n) is 6.79. The minimum atomic E-state index is -0.690. The van der Waals surface area contributed by atoms with Gasteiger partial charge in [-0.3, -0.25) is 9.78 Å². The molecule has 0 aromatic carbocycles. The third-order valence-electron chi connectivity index (χ3n) is 2.91. The zero-order valence-corrected chi connectivity index (χ0v) is 13.4. The SMILES string of the molecule is CCC(C)c1ccncc1.O=C(O)CCCCCBr. The van der Waals surface area contributed by atoms with E-state index in [-0.39, 0.29) is 0 Å². The highest BCUT2D eigenvalue weighted by atomic mass is 79.9. The van der Waals surface area contributed by atoms with Crippen LogP contribution in [0, 0.1) is 0 Å². The lowest BCUT2D eigenvalue weighted by Crippen LogP contribution is -1.93. The first kappa shape index (κ1) is 18.1. The molecule has 0 aliphatic rings. The number of unbranched alkanes of at least 4 members (excludes halogenated alkanes) is 2. The molecule has 1 aromatic rings. The summed E-state index contributed by atoms with van der Waals surface area (Å²) in [5.41, 5.74) is 1.39. The number of hydrogen-bond acceptors (Lipinski definition) is 2. The molecule has 0 radical (unpaired) electrons. The maximum absolute atomic E-state index is 9.95. The summed E-state index contributed by atoms with van der Waals surface area (Å²) >= 11 is 3.27. The second kappa shape index (κ2) is 12.2. The van der Waals surface area contributed by atoms with E-state index >= 15 is 0 Å². The van der Waals surface area contributed by atoms with E-state index in [2.05, 4.69) is 46.9 Å². The van der Waals surface area contributed by atoms with E-state index in [0.29, 0.717) is 12.3 Å². The molecule has 1 heterocycles. The van der Waals surface area contributed by atoms with E-state index in [1.807, 2.05) is 12.4 Å². The molecule has 0 aliphatic carbocycles. The number of carboxylic acid groups (broad SMARTS) is 1. The molecule has 0 saturated heterocycles. The molecule has 1 N–H and O–H groups in total. The Labute approximate surface area is 124 Å². The molecule has 19 heavy (non-hydrogen) atoms. The summed E-state index contributed by atoms with van der Waals surface area (Å²) in [6.07, 6.45) is 8.10. The molecule has 0 bridgehead atoms. The van der Waals surface area contributed by atoms with E-state index in [1.54, 1.807) is 0 Å². The largest absolute Gasteiger partial charge is 0.481 e. The Kier molecular flexibility index (Phi) is 11.6. The summed E-state index contributed by atoms with van der Waals surface area (Å²) in [5, 5.41) is 9.18. The summed E-state index contributed by atoms with van der Waals surface area (Å²) in [4.78, 5) is 13.9. The number of alkyl halides is 1. The van der Waals surface area contributed by atoms with Crippen molar-refractivity contribution in [2.45, 2.75) is 51.9 Å². The van der Waals surface area contributed by atoms with Crippen molar-refractivity contribution < 1.29 is 9.90 Å². The van der Waals surface area contributed by atoms with Gasteiger partial charge >= 0.3 is 5.97 Å². The highest BCUT2D eigenvalue weighted by Crippen LogP contribution is 2.16. The fourth-order valence-corrected chi connectivity index (χ4v) is 1.87. The van der Waals surface area contributed by atoms with Gasteiger partial charge in [0.25, 0.3) is 0 Å². The van der Waals surface area contributed by atoms with Gasteiger partial charge in [-0.25, -0.2) is 0 Å². The summed E-state index contributed by atoms with van der Waals surface area (Å²) in [6, 6.07) is 4.16. The van der Waals surface area contributed by atoms with Crippen molar-refractivity contribution in [1.29, 1.82) is 0 Å². The summed E-state index contributed by atoms with van der Waals surface area (Å²) in [7, 11) is 0. The topological polar surface area (TPSA) is 50.2 Å². The van der Waals surface area contributed by atoms with Crippen molar-refractivity contribution >= 4 is 21.9 Å². The molecular formula is C15H24BrNO2. The molecule has 4 heteroatoms. The number of halogens is 1. The Morgan fingerprint density at radius 2 is 1.95 bits per heavy atom. The molecule has 0 aliphatic heterocycles. The van der Waals surface area contributed by atoms with E-state index < -0.39 is 5.97 Å². The minimum Gasteiger partial charge on any atom is -0.481 e. The number of carbonyl (C=O) groups is 1. The lowest BCUT2D eigenvalue weighted by molar-refractivity contribution is -0.137. The molecule has 1 aromatic heterocycles. The van der Waals surface area contributed by atoms with E-state index in [1.165, 1.54) is 12.0 Å². The Balaban J connectivity index is 0.000000344. The van der Waals surface area contributed by atoms with Gasteiger partial charge in [0.15, 0.2) is 0 Å². The summed E-state index contributed by atoms with van der Waals surface area (Å²) in [6.45, 7) is 4.43. The molecule has 0 spiro atoms. The molecule has 0 amide bonds. The van der Waals surface area contributed by atoms with E-state index in [4.69, 9.17) is 5.11 Å². The maximum atomic E-state index is 9.95. The highest BCUT2D eigenvalue weighted by Gasteiger charge is 1.99. The number of carboxylic acids is 1. The first-order chi connectivity index (χ1) is 9.11. The standard InChI is InChI=1S/C9H13N.C6H11BrO2/c1-3-8(2)9-4-6-10-7-5-9;7-5-3-1-2-4-6(8)9/h4-8H,3H2,1-2H3;1-5H2,(H,8,9). The second-order valence-electron chi connectivity index (χ2n) is 4.48. The molecule has 0 fully saturated rings. The zero-order chi connectivity index (χ0) is 14.5. The second-order valence-corrected chi connectivity index (χ2v) is 5.28. The van der Waals surface area contributed by atoms with Gasteiger partial charge in [0.05, 0.1) is 0 Å². The van der Waals surface area contributed by atoms with Crippen LogP contribution in [0.1, 0.15) is 57.4 Å². The van der Waals surface area contributed by atoms with Crippen molar-refractivity contribution in [2.75, 3.05) is 5.33 Å². The van der Waals surface area contributed by atoms with Crippen molar-refractivity contribution in [3.05, 3.63) is 30.1 Å². The third kappa shape index (κ3) is 10.7. The number of hydrogen-bond donors (Lipinski definition) is 1. The van der Waals surface area contributed by atoms with Crippen LogP contribution in [0.5, 0.6) is 0 Å². The average Bonchev–Trinajstić information content (AvgIpc) is 2.44. The van der Waals surface area contributed by atoms with Crippen LogP contribution in [0.4, 0.5) is 0 Å². The number of aromatic nitrogens is 1. The van der Waals surface area contributed by atoms with Crippen LogP contribution in [0.3, 0.4) is 0 Å². The first-order valence-corrected chi connectivity index (χ1v) is 7.91. The molecule has 1 atom stereocenters. The van der Waals surface area contributed by atoms with Crippen molar-refractivity contribution in [3.63, 3.8) is 0 Å². The van der Waals surface area contributed by atoms with Gasteiger partial charge in [-0.1, -0.05) is 36.2 Å². The molecule has 3 nitrogen and oxygen atoms in total. The van der Waals surface area contributed by atoms with Crippen LogP contribution < -0.4 is 0 Å². The predicted molar refractivity (Wildman–Crippen MR) is 82.8 cm³/mol. The van der Waals surface area contributed by atoms with Gasteiger partial charge in [0.1, 0.15) is 0 Å². The monoisotopic (exact) mass is 329 g/mol.